The van der Waals surface area contributed by atoms with Gasteiger partial charge in [0.2, 0.25) is 0 Å². The van der Waals surface area contributed by atoms with Crippen molar-refractivity contribution in [3.05, 3.63) is 39.8 Å². The number of ether oxygens (including phenoxy) is 1. The maximum Gasteiger partial charge on any atom is 0.389 e. The summed E-state index contributed by atoms with van der Waals surface area (Å²) in [4.78, 5) is 33.1. The van der Waals surface area contributed by atoms with Gasteiger partial charge in [-0.2, -0.15) is 13.2 Å². The van der Waals surface area contributed by atoms with E-state index in [0.29, 0.717) is 57.2 Å². The molecule has 4 aliphatic rings. The van der Waals surface area contributed by atoms with E-state index in [0.717, 1.165) is 65.2 Å². The molecule has 2 saturated heterocycles. The molecule has 0 aliphatic carbocycles. The number of aliphatic hydroxyl groups is 2. The smallest absolute Gasteiger partial charge is 0.389 e. The first-order chi connectivity index (χ1) is 23.3. The minimum Gasteiger partial charge on any atom is -0.394 e. The molecular formula is C36H52F3N4O5S+. The van der Waals surface area contributed by atoms with Crippen molar-refractivity contribution in [2.24, 2.45) is 4.99 Å². The molecule has 2 atom stereocenters. The summed E-state index contributed by atoms with van der Waals surface area (Å²) in [5, 5.41) is 23.8. The Labute approximate surface area is 290 Å². The lowest BCUT2D eigenvalue weighted by Crippen LogP contribution is -2.50. The highest BCUT2D eigenvalue weighted by atomic mass is 32.2. The predicted molar refractivity (Wildman–Crippen MR) is 187 cm³/mol. The zero-order valence-corrected chi connectivity index (χ0v) is 29.6. The highest BCUT2D eigenvalue weighted by Gasteiger charge is 2.55. The fourth-order valence-corrected chi connectivity index (χ4v) is 9.12. The van der Waals surface area contributed by atoms with Crippen molar-refractivity contribution in [2.45, 2.75) is 115 Å². The number of amides is 2. The zero-order valence-electron chi connectivity index (χ0n) is 28.8. The Morgan fingerprint density at radius 1 is 1.12 bits per heavy atom. The summed E-state index contributed by atoms with van der Waals surface area (Å²) >= 11 is 0. The minimum absolute atomic E-state index is 0.00116. The van der Waals surface area contributed by atoms with Crippen LogP contribution in [0.4, 0.5) is 13.2 Å². The number of carbonyl (C=O) groups excluding carboxylic acids is 2. The van der Waals surface area contributed by atoms with Gasteiger partial charge in [-0.3, -0.25) is 14.6 Å². The van der Waals surface area contributed by atoms with Gasteiger partial charge in [-0.05, 0) is 74.4 Å². The molecule has 2 spiro atoms. The molecule has 2 fully saturated rings. The topological polar surface area (TPSA) is 111 Å². The SMILES string of the molecule is Cc1cc(C(=O)N2CCC(OC[C@H](O)CO)CC2)cc(C)c1/C=C/S1=C[N+]12CCC1(CC2)N=C(CCCCCCCCC(F)(F)F)NC1=O. The van der Waals surface area contributed by atoms with Crippen molar-refractivity contribution in [2.75, 3.05) is 39.4 Å². The van der Waals surface area contributed by atoms with Crippen LogP contribution in [-0.2, 0) is 9.53 Å². The van der Waals surface area contributed by atoms with E-state index < -0.39 is 24.2 Å². The van der Waals surface area contributed by atoms with Crippen molar-refractivity contribution in [1.82, 2.24) is 10.2 Å². The Kier molecular flexibility index (Phi) is 12.4. The van der Waals surface area contributed by atoms with Gasteiger partial charge in [0.1, 0.15) is 11.9 Å². The van der Waals surface area contributed by atoms with Crippen LogP contribution >= 0.6 is 10.7 Å². The van der Waals surface area contributed by atoms with Crippen LogP contribution in [0.15, 0.2) is 22.5 Å². The van der Waals surface area contributed by atoms with Crippen molar-refractivity contribution in [1.29, 1.82) is 0 Å². The number of aliphatic hydroxyl groups excluding tert-OH is 2. The molecule has 4 heterocycles. The number of rotatable bonds is 15. The average molecular weight is 710 g/mol. The molecule has 0 saturated carbocycles. The first kappa shape index (κ1) is 37.7. The zero-order chi connectivity index (χ0) is 35.2. The molecule has 49 heavy (non-hydrogen) atoms. The summed E-state index contributed by atoms with van der Waals surface area (Å²) in [6.45, 7) is 6.76. The number of nitrogens with zero attached hydrogens (tertiary/aromatic N) is 3. The molecule has 13 heteroatoms. The summed E-state index contributed by atoms with van der Waals surface area (Å²) in [5.74, 6) is 0.770. The quantitative estimate of drug-likeness (QED) is 0.122. The van der Waals surface area contributed by atoms with E-state index in [1.165, 1.54) is 0 Å². The second kappa shape index (κ2) is 16.2. The van der Waals surface area contributed by atoms with E-state index in [9.17, 15) is 27.9 Å². The van der Waals surface area contributed by atoms with Gasteiger partial charge in [0.15, 0.2) is 11.0 Å². The van der Waals surface area contributed by atoms with Crippen LogP contribution in [0.25, 0.3) is 6.08 Å². The monoisotopic (exact) mass is 709 g/mol. The molecule has 9 nitrogen and oxygen atoms in total. The largest absolute Gasteiger partial charge is 0.394 e. The number of alkyl halides is 3. The normalized spacial score (nSPS) is 26.3. The molecule has 5 rings (SSSR count). The van der Waals surface area contributed by atoms with Gasteiger partial charge < -0.3 is 25.2 Å². The summed E-state index contributed by atoms with van der Waals surface area (Å²) in [5.41, 5.74) is 5.59. The van der Waals surface area contributed by atoms with Crippen LogP contribution in [-0.4, -0.2) is 105 Å². The van der Waals surface area contributed by atoms with Crippen LogP contribution in [0.3, 0.4) is 0 Å². The van der Waals surface area contributed by atoms with E-state index in [1.807, 2.05) is 30.9 Å². The fraction of sp³-hybridized carbons (Fsp3) is 0.667. The van der Waals surface area contributed by atoms with Gasteiger partial charge in [0.25, 0.3) is 11.8 Å². The number of hydrogen-bond acceptors (Lipinski definition) is 6. The lowest BCUT2D eigenvalue weighted by molar-refractivity contribution is -0.673. The average Bonchev–Trinajstić information content (AvgIpc) is 3.65. The maximum absolute atomic E-state index is 13.3. The van der Waals surface area contributed by atoms with E-state index in [-0.39, 0.29) is 48.2 Å². The number of benzene rings is 1. The van der Waals surface area contributed by atoms with Gasteiger partial charge in [-0.25, -0.2) is 3.89 Å². The molecule has 1 aromatic carbocycles. The number of aryl methyl sites for hydroxylation is 2. The molecule has 4 aliphatic heterocycles. The molecule has 0 aromatic heterocycles. The molecule has 0 bridgehead atoms. The maximum atomic E-state index is 13.3. The fourth-order valence-electron chi connectivity index (χ4n) is 7.21. The number of piperidine rings is 2. The molecule has 1 unspecified atom stereocenters. The first-order valence-electron chi connectivity index (χ1n) is 17.7. The van der Waals surface area contributed by atoms with Gasteiger partial charge in [0.05, 0.1) is 43.1 Å². The van der Waals surface area contributed by atoms with E-state index in [2.05, 4.69) is 22.3 Å². The Bertz CT molecular complexity index is 1420. The third kappa shape index (κ3) is 9.81. The van der Waals surface area contributed by atoms with Gasteiger partial charge in [-0.15, -0.1) is 0 Å². The van der Waals surface area contributed by atoms with Gasteiger partial charge >= 0.3 is 6.18 Å². The number of amidine groups is 1. The molecular weight excluding hydrogens is 657 g/mol. The second-order valence-electron chi connectivity index (χ2n) is 14.1. The van der Waals surface area contributed by atoms with E-state index in [1.54, 1.807) is 0 Å². The molecule has 272 valence electrons. The summed E-state index contributed by atoms with van der Waals surface area (Å²) < 4.78 is 43.4. The number of hydrogen-bond donors (Lipinski definition) is 3. The van der Waals surface area contributed by atoms with Crippen LogP contribution < -0.4 is 5.32 Å². The van der Waals surface area contributed by atoms with Gasteiger partial charge in [0, 0.05) is 49.7 Å². The van der Waals surface area contributed by atoms with Crippen molar-refractivity contribution < 1.29 is 41.6 Å². The number of halogens is 3. The van der Waals surface area contributed by atoms with E-state index >= 15 is 0 Å². The number of quaternary nitrogens is 1. The molecule has 3 N–H and O–H groups in total. The highest BCUT2D eigenvalue weighted by Crippen LogP contribution is 2.50. The number of aliphatic imine (C=N–C) groups is 1. The minimum atomic E-state index is -4.07. The molecule has 1 aromatic rings. The summed E-state index contributed by atoms with van der Waals surface area (Å²) in [6, 6.07) is 3.94. The van der Waals surface area contributed by atoms with Crippen molar-refractivity contribution in [3.63, 3.8) is 0 Å². The Balaban J connectivity index is 1.06. The predicted octanol–water partition coefficient (Wildman–Crippen LogP) is 5.77. The summed E-state index contributed by atoms with van der Waals surface area (Å²) in [7, 11) is -0.0337. The third-order valence-electron chi connectivity index (χ3n) is 10.3. The molecule has 0 radical (unpaired) electrons. The van der Waals surface area contributed by atoms with Crippen LogP contribution in [0, 0.1) is 13.8 Å². The lowest BCUT2D eigenvalue weighted by atomic mass is 9.88. The Morgan fingerprint density at radius 2 is 1.76 bits per heavy atom. The Hall–Kier alpha value is -2.58. The van der Waals surface area contributed by atoms with Crippen molar-refractivity contribution in [3.8, 4) is 0 Å². The number of likely N-dealkylation sites (tertiary alicyclic amines) is 1. The Morgan fingerprint density at radius 3 is 2.39 bits per heavy atom. The second-order valence-corrected chi connectivity index (χ2v) is 16.0. The standard InChI is InChI=1S/C36H51F3N4O5S/c1-26-21-28(33(46)42-16-10-30(11-17-42)48-24-29(45)23-44)22-27(2)31(26)12-20-49-25-43(49)18-14-35(15-19-43)34(47)40-32(41-35)9-7-5-3-4-6-8-13-36(37,38)39/h12,20-22,25,29-30,44-45H,3-11,13-19,23-24H2,1-2H3/p+1/b20-12+/t29-,35?,43?,49?/m1/s1. The van der Waals surface area contributed by atoms with Crippen LogP contribution in [0.1, 0.15) is 104 Å². The highest BCUT2D eigenvalue weighted by molar-refractivity contribution is 8.18. The summed E-state index contributed by atoms with van der Waals surface area (Å²) in [6.07, 6.45) is 4.29. The number of carbonyl (C=O) groups is 2. The van der Waals surface area contributed by atoms with E-state index in [4.69, 9.17) is 14.8 Å². The molecule has 2 amide bonds. The van der Waals surface area contributed by atoms with Crippen LogP contribution in [0.2, 0.25) is 0 Å². The van der Waals surface area contributed by atoms with Gasteiger partial charge in [-0.1, -0.05) is 25.7 Å². The van der Waals surface area contributed by atoms with Crippen LogP contribution in [0.5, 0.6) is 0 Å². The van der Waals surface area contributed by atoms with Crippen molar-refractivity contribution >= 4 is 39.9 Å². The number of unbranched alkanes of at least 4 members (excludes halogenated alkanes) is 5. The third-order valence-corrected chi connectivity index (χ3v) is 12.4. The lowest BCUT2D eigenvalue weighted by Gasteiger charge is -2.33. The number of nitrogens with one attached hydrogen (secondary N) is 1. The first-order valence-corrected chi connectivity index (χ1v) is 19.1.